The number of hydrogen-bond donors (Lipinski definition) is 2. The zero-order valence-electron chi connectivity index (χ0n) is 15.8. The Morgan fingerprint density at radius 3 is 2.25 bits per heavy atom. The third-order valence-electron chi connectivity index (χ3n) is 5.56. The number of imide groups is 2. The molecule has 2 fully saturated rings. The number of carbonyl (C=O) groups is 5. The average Bonchev–Trinajstić information content (AvgIpc) is 3.26. The number of likely N-dealkylation sites (tertiary alicyclic amines) is 1. The number of hydrogen-bond acceptors (Lipinski definition) is 6. The number of fused-ring (bicyclic) bond motifs is 1. The van der Waals surface area contributed by atoms with E-state index in [9.17, 15) is 24.0 Å². The van der Waals surface area contributed by atoms with Crippen LogP contribution < -0.4 is 10.6 Å². The Morgan fingerprint density at radius 2 is 1.68 bits per heavy atom. The minimum atomic E-state index is -1.12. The molecule has 28 heavy (non-hydrogen) atoms. The molecular formula is C19H25N3O6. The molecular weight excluding hydrogens is 366 g/mol. The second-order valence-electron chi connectivity index (χ2n) is 7.49. The molecule has 0 bridgehead atoms. The normalized spacial score (nSPS) is 25.4. The van der Waals surface area contributed by atoms with Crippen molar-refractivity contribution in [2.24, 2.45) is 11.8 Å². The minimum absolute atomic E-state index is 0.0561. The van der Waals surface area contributed by atoms with Gasteiger partial charge in [-0.2, -0.15) is 0 Å². The highest BCUT2D eigenvalue weighted by molar-refractivity contribution is 6.08. The standard InChI is InChI=1S/C19H25N3O6/c1-11(22-16(24)13-8-4-5-9-14(13)17(22)25)18(26)28-10-15(23)21-19(27)20-12-6-2-3-7-12/h4-5,11-14H,2-3,6-10H2,1H3,(H2,20,21,23,27)/t11-,13-,14+/m0/s1. The van der Waals surface area contributed by atoms with Crippen LogP contribution in [0, 0.1) is 11.8 Å². The summed E-state index contributed by atoms with van der Waals surface area (Å²) in [4.78, 5) is 61.7. The van der Waals surface area contributed by atoms with Crippen LogP contribution in [0.3, 0.4) is 0 Å². The monoisotopic (exact) mass is 391 g/mol. The van der Waals surface area contributed by atoms with Crippen LogP contribution in [0.25, 0.3) is 0 Å². The molecule has 152 valence electrons. The quantitative estimate of drug-likeness (QED) is 0.403. The highest BCUT2D eigenvalue weighted by Crippen LogP contribution is 2.36. The van der Waals surface area contributed by atoms with Gasteiger partial charge in [-0.05, 0) is 32.6 Å². The zero-order chi connectivity index (χ0) is 20.3. The maximum atomic E-state index is 12.5. The van der Waals surface area contributed by atoms with Crippen LogP contribution in [0.4, 0.5) is 4.79 Å². The lowest BCUT2D eigenvalue weighted by Gasteiger charge is -2.21. The number of nitrogens with one attached hydrogen (secondary N) is 2. The summed E-state index contributed by atoms with van der Waals surface area (Å²) in [7, 11) is 0. The molecule has 2 N–H and O–H groups in total. The molecule has 2 aliphatic carbocycles. The number of esters is 1. The SMILES string of the molecule is C[C@@H](C(=O)OCC(=O)NC(=O)NC1CCCC1)N1C(=O)[C@H]2CC=CC[C@H]2C1=O. The van der Waals surface area contributed by atoms with Crippen molar-refractivity contribution in [2.45, 2.75) is 57.5 Å². The van der Waals surface area contributed by atoms with Gasteiger partial charge in [0, 0.05) is 6.04 Å². The summed E-state index contributed by atoms with van der Waals surface area (Å²) in [5.41, 5.74) is 0. The van der Waals surface area contributed by atoms with E-state index >= 15 is 0 Å². The van der Waals surface area contributed by atoms with Crippen molar-refractivity contribution >= 4 is 29.7 Å². The van der Waals surface area contributed by atoms with Gasteiger partial charge in [-0.15, -0.1) is 0 Å². The fraction of sp³-hybridized carbons (Fsp3) is 0.632. The minimum Gasteiger partial charge on any atom is -0.454 e. The van der Waals surface area contributed by atoms with Gasteiger partial charge in [0.05, 0.1) is 11.8 Å². The Labute approximate surface area is 162 Å². The van der Waals surface area contributed by atoms with Gasteiger partial charge in [-0.25, -0.2) is 9.59 Å². The summed E-state index contributed by atoms with van der Waals surface area (Å²) in [5.74, 6) is -3.27. The number of urea groups is 1. The summed E-state index contributed by atoms with van der Waals surface area (Å²) in [6.07, 6.45) is 8.52. The maximum absolute atomic E-state index is 12.5. The summed E-state index contributed by atoms with van der Waals surface area (Å²) in [6.45, 7) is 0.736. The van der Waals surface area contributed by atoms with Crippen LogP contribution in [0.5, 0.6) is 0 Å². The third kappa shape index (κ3) is 4.23. The van der Waals surface area contributed by atoms with Gasteiger partial charge in [0.15, 0.2) is 6.61 Å². The van der Waals surface area contributed by atoms with Crippen molar-refractivity contribution in [3.05, 3.63) is 12.2 Å². The average molecular weight is 391 g/mol. The van der Waals surface area contributed by atoms with Crippen molar-refractivity contribution in [3.8, 4) is 0 Å². The molecule has 0 radical (unpaired) electrons. The van der Waals surface area contributed by atoms with Gasteiger partial charge < -0.3 is 10.1 Å². The zero-order valence-corrected chi connectivity index (χ0v) is 15.8. The predicted octanol–water partition coefficient (Wildman–Crippen LogP) is 0.638. The largest absolute Gasteiger partial charge is 0.454 e. The Hall–Kier alpha value is -2.71. The molecule has 9 heteroatoms. The van der Waals surface area contributed by atoms with Gasteiger partial charge >= 0.3 is 12.0 Å². The van der Waals surface area contributed by atoms with E-state index in [0.717, 1.165) is 30.6 Å². The van der Waals surface area contributed by atoms with Crippen molar-refractivity contribution in [3.63, 3.8) is 0 Å². The predicted molar refractivity (Wildman–Crippen MR) is 96.6 cm³/mol. The van der Waals surface area contributed by atoms with Crippen molar-refractivity contribution in [1.82, 2.24) is 15.5 Å². The van der Waals surface area contributed by atoms with E-state index < -0.39 is 42.4 Å². The van der Waals surface area contributed by atoms with Crippen molar-refractivity contribution in [1.29, 1.82) is 0 Å². The van der Waals surface area contributed by atoms with E-state index in [1.54, 1.807) is 0 Å². The first kappa shape index (κ1) is 20.0. The molecule has 0 aromatic carbocycles. The van der Waals surface area contributed by atoms with E-state index in [-0.39, 0.29) is 17.9 Å². The molecule has 1 saturated heterocycles. The Bertz CT molecular complexity index is 686. The summed E-state index contributed by atoms with van der Waals surface area (Å²) in [5, 5.41) is 4.80. The summed E-state index contributed by atoms with van der Waals surface area (Å²) in [6, 6.07) is -1.69. The lowest BCUT2D eigenvalue weighted by Crippen LogP contribution is -2.47. The fourth-order valence-electron chi connectivity index (χ4n) is 4.02. The number of carbonyl (C=O) groups excluding carboxylic acids is 5. The second kappa shape index (κ2) is 8.53. The molecule has 0 aromatic heterocycles. The molecule has 1 heterocycles. The lowest BCUT2D eigenvalue weighted by molar-refractivity contribution is -0.159. The van der Waals surface area contributed by atoms with Crippen molar-refractivity contribution < 1.29 is 28.7 Å². The Morgan fingerprint density at radius 1 is 1.11 bits per heavy atom. The van der Waals surface area contributed by atoms with E-state index in [2.05, 4.69) is 10.6 Å². The van der Waals surface area contributed by atoms with Crippen LogP contribution >= 0.6 is 0 Å². The van der Waals surface area contributed by atoms with Crippen LogP contribution in [0.1, 0.15) is 45.4 Å². The molecule has 5 amide bonds. The Balaban J connectivity index is 1.46. The molecule has 1 saturated carbocycles. The summed E-state index contributed by atoms with van der Waals surface area (Å²) >= 11 is 0. The first-order valence-electron chi connectivity index (χ1n) is 9.67. The molecule has 3 atom stereocenters. The molecule has 0 unspecified atom stereocenters. The fourth-order valence-corrected chi connectivity index (χ4v) is 4.02. The molecule has 0 spiro atoms. The van der Waals surface area contributed by atoms with Gasteiger partial charge in [0.25, 0.3) is 5.91 Å². The van der Waals surface area contributed by atoms with Crippen LogP contribution in [0.2, 0.25) is 0 Å². The third-order valence-corrected chi connectivity index (χ3v) is 5.56. The maximum Gasteiger partial charge on any atom is 0.329 e. The number of rotatable bonds is 5. The smallest absolute Gasteiger partial charge is 0.329 e. The number of nitrogens with zero attached hydrogens (tertiary/aromatic N) is 1. The van der Waals surface area contributed by atoms with Crippen LogP contribution in [0.15, 0.2) is 12.2 Å². The molecule has 0 aromatic rings. The van der Waals surface area contributed by atoms with Crippen LogP contribution in [-0.2, 0) is 23.9 Å². The first-order valence-corrected chi connectivity index (χ1v) is 9.67. The van der Waals surface area contributed by atoms with Gasteiger partial charge in [0.1, 0.15) is 6.04 Å². The molecule has 3 rings (SSSR count). The highest BCUT2D eigenvalue weighted by atomic mass is 16.5. The first-order chi connectivity index (χ1) is 13.4. The number of allylic oxidation sites excluding steroid dienone is 2. The second-order valence-corrected chi connectivity index (χ2v) is 7.49. The van der Waals surface area contributed by atoms with Gasteiger partial charge in [-0.3, -0.25) is 24.6 Å². The van der Waals surface area contributed by atoms with E-state index in [1.807, 2.05) is 12.2 Å². The molecule has 3 aliphatic rings. The lowest BCUT2D eigenvalue weighted by atomic mass is 9.85. The summed E-state index contributed by atoms with van der Waals surface area (Å²) < 4.78 is 4.91. The molecule has 9 nitrogen and oxygen atoms in total. The van der Waals surface area contributed by atoms with E-state index in [1.165, 1.54) is 6.92 Å². The number of ether oxygens (including phenoxy) is 1. The van der Waals surface area contributed by atoms with Gasteiger partial charge in [-0.1, -0.05) is 25.0 Å². The van der Waals surface area contributed by atoms with Crippen molar-refractivity contribution in [2.75, 3.05) is 6.61 Å². The number of amides is 5. The highest BCUT2D eigenvalue weighted by Gasteiger charge is 2.50. The van der Waals surface area contributed by atoms with E-state index in [4.69, 9.17) is 4.74 Å². The van der Waals surface area contributed by atoms with Gasteiger partial charge in [0.2, 0.25) is 11.8 Å². The molecule has 1 aliphatic heterocycles. The van der Waals surface area contributed by atoms with E-state index in [0.29, 0.717) is 12.8 Å². The van der Waals surface area contributed by atoms with Crippen LogP contribution in [-0.4, -0.2) is 53.3 Å². The topological polar surface area (TPSA) is 122 Å². The Kier molecular flexibility index (Phi) is 6.11.